The van der Waals surface area contributed by atoms with Crippen LogP contribution in [-0.2, 0) is 0 Å². The lowest BCUT2D eigenvalue weighted by Gasteiger charge is -2.10. The van der Waals surface area contributed by atoms with Gasteiger partial charge in [0.2, 0.25) is 0 Å². The molecule has 7 aromatic rings. The van der Waals surface area contributed by atoms with Gasteiger partial charge in [-0.15, -0.1) is 11.3 Å². The highest BCUT2D eigenvalue weighted by Crippen LogP contribution is 2.42. The molecule has 0 saturated carbocycles. The zero-order chi connectivity index (χ0) is 21.9. The summed E-state index contributed by atoms with van der Waals surface area (Å²) in [5, 5.41) is 3.82. The molecule has 3 aromatic heterocycles. The largest absolute Gasteiger partial charge is 0.307 e. The highest BCUT2D eigenvalue weighted by Gasteiger charge is 2.19. The first-order chi connectivity index (χ1) is 16.3. The Kier molecular flexibility index (Phi) is 3.96. The summed E-state index contributed by atoms with van der Waals surface area (Å²) in [5.74, 6) is 0. The SMILES string of the molecule is Cc1cccc(-n2c3ccc(-c4ccccc4)nc3c3ccc4sc5ccccc5c4c32)c1. The number of rotatable bonds is 2. The fraction of sp³-hybridized carbons (Fsp3) is 0.0333. The van der Waals surface area contributed by atoms with Gasteiger partial charge in [-0.25, -0.2) is 4.98 Å². The summed E-state index contributed by atoms with van der Waals surface area (Å²) >= 11 is 1.86. The van der Waals surface area contributed by atoms with Crippen LogP contribution in [0.2, 0.25) is 0 Å². The van der Waals surface area contributed by atoms with E-state index in [1.807, 2.05) is 17.4 Å². The average molecular weight is 441 g/mol. The van der Waals surface area contributed by atoms with Crippen LogP contribution in [0.1, 0.15) is 5.56 Å². The van der Waals surface area contributed by atoms with Gasteiger partial charge in [-0.1, -0.05) is 60.7 Å². The second-order valence-corrected chi connectivity index (χ2v) is 9.62. The third-order valence-corrected chi connectivity index (χ3v) is 7.58. The Morgan fingerprint density at radius 1 is 0.697 bits per heavy atom. The van der Waals surface area contributed by atoms with Gasteiger partial charge in [-0.05, 0) is 55.0 Å². The number of hydrogen-bond acceptors (Lipinski definition) is 2. The second kappa shape index (κ2) is 7.03. The first kappa shape index (κ1) is 18.6. The number of benzene rings is 4. The van der Waals surface area contributed by atoms with Crippen LogP contribution in [0.25, 0.3) is 59.1 Å². The molecule has 0 N–H and O–H groups in total. The van der Waals surface area contributed by atoms with Gasteiger partial charge in [-0.3, -0.25) is 0 Å². The molecule has 0 unspecified atom stereocenters. The Morgan fingerprint density at radius 3 is 2.42 bits per heavy atom. The molecule has 0 fully saturated rings. The lowest BCUT2D eigenvalue weighted by Crippen LogP contribution is -1.95. The summed E-state index contributed by atoms with van der Waals surface area (Å²) in [6, 6.07) is 36.8. The van der Waals surface area contributed by atoms with Crippen LogP contribution in [0.15, 0.2) is 103 Å². The highest BCUT2D eigenvalue weighted by molar-refractivity contribution is 7.26. The van der Waals surface area contributed by atoms with Crippen molar-refractivity contribution in [1.82, 2.24) is 9.55 Å². The van der Waals surface area contributed by atoms with Crippen LogP contribution >= 0.6 is 11.3 Å². The minimum atomic E-state index is 1.00. The summed E-state index contributed by atoms with van der Waals surface area (Å²) in [4.78, 5) is 5.20. The molecule has 0 aliphatic rings. The minimum absolute atomic E-state index is 1.00. The highest BCUT2D eigenvalue weighted by atomic mass is 32.1. The third kappa shape index (κ3) is 2.76. The molecule has 0 atom stereocenters. The zero-order valence-corrected chi connectivity index (χ0v) is 18.9. The first-order valence-electron chi connectivity index (χ1n) is 11.2. The zero-order valence-electron chi connectivity index (χ0n) is 18.1. The van der Waals surface area contributed by atoms with Crippen molar-refractivity contribution >= 4 is 53.4 Å². The fourth-order valence-electron chi connectivity index (χ4n) is 4.98. The minimum Gasteiger partial charge on any atom is -0.307 e. The summed E-state index contributed by atoms with van der Waals surface area (Å²) in [7, 11) is 0. The molecule has 0 bridgehead atoms. The molecule has 33 heavy (non-hydrogen) atoms. The van der Waals surface area contributed by atoms with Gasteiger partial charge in [0.15, 0.2) is 0 Å². The van der Waals surface area contributed by atoms with Gasteiger partial charge in [0, 0.05) is 36.8 Å². The summed E-state index contributed by atoms with van der Waals surface area (Å²) < 4.78 is 5.03. The topological polar surface area (TPSA) is 17.8 Å². The van der Waals surface area contributed by atoms with Crippen LogP contribution in [0.4, 0.5) is 0 Å². The van der Waals surface area contributed by atoms with Crippen molar-refractivity contribution in [3.63, 3.8) is 0 Å². The van der Waals surface area contributed by atoms with Gasteiger partial charge in [0.1, 0.15) is 0 Å². The van der Waals surface area contributed by atoms with Crippen molar-refractivity contribution in [3.05, 3.63) is 109 Å². The molecule has 0 radical (unpaired) electrons. The van der Waals surface area contributed by atoms with E-state index in [9.17, 15) is 0 Å². The van der Waals surface area contributed by atoms with E-state index in [4.69, 9.17) is 4.98 Å². The van der Waals surface area contributed by atoms with E-state index in [0.717, 1.165) is 22.3 Å². The number of nitrogens with zero attached hydrogens (tertiary/aromatic N) is 2. The van der Waals surface area contributed by atoms with Crippen molar-refractivity contribution in [2.24, 2.45) is 0 Å². The molecule has 0 aliphatic heterocycles. The maximum Gasteiger partial charge on any atom is 0.0971 e. The average Bonchev–Trinajstić information content (AvgIpc) is 3.39. The van der Waals surface area contributed by atoms with E-state index >= 15 is 0 Å². The van der Waals surface area contributed by atoms with Gasteiger partial charge in [0.05, 0.1) is 22.2 Å². The van der Waals surface area contributed by atoms with Crippen molar-refractivity contribution in [1.29, 1.82) is 0 Å². The molecule has 0 amide bonds. The van der Waals surface area contributed by atoms with Crippen LogP contribution in [0.3, 0.4) is 0 Å². The Labute approximate surface area is 195 Å². The Hall–Kier alpha value is -3.95. The van der Waals surface area contributed by atoms with E-state index in [-0.39, 0.29) is 0 Å². The second-order valence-electron chi connectivity index (χ2n) is 8.54. The Morgan fingerprint density at radius 2 is 1.55 bits per heavy atom. The first-order valence-corrected chi connectivity index (χ1v) is 12.0. The summed E-state index contributed by atoms with van der Waals surface area (Å²) in [6.45, 7) is 2.15. The predicted molar refractivity (Wildman–Crippen MR) is 142 cm³/mol. The van der Waals surface area contributed by atoms with Gasteiger partial charge in [-0.2, -0.15) is 0 Å². The van der Waals surface area contributed by atoms with E-state index in [1.165, 1.54) is 42.3 Å². The van der Waals surface area contributed by atoms with Crippen molar-refractivity contribution in [2.75, 3.05) is 0 Å². The maximum absolute atomic E-state index is 5.20. The molecule has 2 nitrogen and oxygen atoms in total. The normalized spacial score (nSPS) is 11.8. The molecule has 3 heteroatoms. The van der Waals surface area contributed by atoms with Crippen molar-refractivity contribution in [3.8, 4) is 16.9 Å². The Balaban J connectivity index is 1.69. The third-order valence-electron chi connectivity index (χ3n) is 6.44. The monoisotopic (exact) mass is 440 g/mol. The standard InChI is InChI=1S/C30H20N2S/c1-19-8-7-11-21(18-19)32-25-16-15-24(20-9-3-2-4-10-20)31-29(25)23-14-17-27-28(30(23)32)22-12-5-6-13-26(22)33-27/h2-18H,1H3. The Bertz CT molecular complexity index is 1820. The maximum atomic E-state index is 5.20. The number of thiophene rings is 1. The molecule has 0 saturated heterocycles. The van der Waals surface area contributed by atoms with Crippen molar-refractivity contribution in [2.45, 2.75) is 6.92 Å². The van der Waals surface area contributed by atoms with E-state index < -0.39 is 0 Å². The number of hydrogen-bond donors (Lipinski definition) is 0. The summed E-state index contributed by atoms with van der Waals surface area (Å²) in [6.07, 6.45) is 0. The van der Waals surface area contributed by atoms with Crippen LogP contribution in [-0.4, -0.2) is 9.55 Å². The van der Waals surface area contributed by atoms with Gasteiger partial charge in [0.25, 0.3) is 0 Å². The molecular weight excluding hydrogens is 420 g/mol. The van der Waals surface area contributed by atoms with Gasteiger partial charge < -0.3 is 4.57 Å². The molecule has 7 rings (SSSR count). The van der Waals surface area contributed by atoms with E-state index in [0.29, 0.717) is 0 Å². The van der Waals surface area contributed by atoms with Crippen LogP contribution in [0.5, 0.6) is 0 Å². The molecular formula is C30H20N2S. The summed E-state index contributed by atoms with van der Waals surface area (Å²) in [5.41, 5.74) is 7.98. The number of aromatic nitrogens is 2. The predicted octanol–water partition coefficient (Wildman–Crippen LogP) is 8.52. The van der Waals surface area contributed by atoms with Crippen LogP contribution < -0.4 is 0 Å². The quantitative estimate of drug-likeness (QED) is 0.263. The van der Waals surface area contributed by atoms with Crippen LogP contribution in [0, 0.1) is 6.92 Å². The van der Waals surface area contributed by atoms with Crippen molar-refractivity contribution < 1.29 is 0 Å². The lowest BCUT2D eigenvalue weighted by molar-refractivity contribution is 1.17. The molecule has 0 aliphatic carbocycles. The number of aryl methyl sites for hydroxylation is 1. The molecule has 0 spiro atoms. The fourth-order valence-corrected chi connectivity index (χ4v) is 6.09. The smallest absolute Gasteiger partial charge is 0.0971 e. The molecule has 156 valence electrons. The molecule has 3 heterocycles. The van der Waals surface area contributed by atoms with Gasteiger partial charge >= 0.3 is 0 Å². The van der Waals surface area contributed by atoms with E-state index in [2.05, 4.69) is 109 Å². The molecule has 4 aromatic carbocycles. The number of fused-ring (bicyclic) bond motifs is 7. The number of pyridine rings is 1. The lowest BCUT2D eigenvalue weighted by atomic mass is 10.1. The van der Waals surface area contributed by atoms with E-state index in [1.54, 1.807) is 0 Å².